The molecular formula is C21H21ClFN5O2. The number of anilines is 2. The van der Waals surface area contributed by atoms with Gasteiger partial charge in [0.1, 0.15) is 23.6 Å². The average molecular weight is 430 g/mol. The van der Waals surface area contributed by atoms with Gasteiger partial charge >= 0.3 is 6.09 Å². The summed E-state index contributed by atoms with van der Waals surface area (Å²) in [6.45, 7) is 6.55. The van der Waals surface area contributed by atoms with Gasteiger partial charge in [0.2, 0.25) is 0 Å². The van der Waals surface area contributed by atoms with Crippen molar-refractivity contribution in [2.75, 3.05) is 18.4 Å². The molecular weight excluding hydrogens is 409 g/mol. The lowest BCUT2D eigenvalue weighted by atomic mass is 9.95. The van der Waals surface area contributed by atoms with Crippen molar-refractivity contribution in [2.45, 2.75) is 32.3 Å². The molecule has 0 unspecified atom stereocenters. The summed E-state index contributed by atoms with van der Waals surface area (Å²) in [5, 5.41) is 4.11. The number of fused-ring (bicyclic) bond motifs is 1. The van der Waals surface area contributed by atoms with Gasteiger partial charge in [0.05, 0.1) is 17.4 Å². The molecule has 1 saturated heterocycles. The molecule has 0 atom stereocenters. The Kier molecular flexibility index (Phi) is 5.19. The van der Waals surface area contributed by atoms with Crippen LogP contribution in [0, 0.1) is 5.82 Å². The summed E-state index contributed by atoms with van der Waals surface area (Å²) < 4.78 is 19.5. The predicted octanol–water partition coefficient (Wildman–Crippen LogP) is 4.90. The van der Waals surface area contributed by atoms with Crippen molar-refractivity contribution in [1.82, 2.24) is 19.9 Å². The monoisotopic (exact) mass is 429 g/mol. The second-order valence-electron chi connectivity index (χ2n) is 8.18. The van der Waals surface area contributed by atoms with E-state index >= 15 is 0 Å². The van der Waals surface area contributed by atoms with Crippen molar-refractivity contribution < 1.29 is 13.9 Å². The molecule has 1 amide bonds. The van der Waals surface area contributed by atoms with Crippen molar-refractivity contribution in [3.8, 4) is 0 Å². The molecule has 3 heterocycles. The van der Waals surface area contributed by atoms with Crippen LogP contribution in [0.2, 0.25) is 5.02 Å². The van der Waals surface area contributed by atoms with E-state index in [2.05, 4.69) is 20.3 Å². The van der Waals surface area contributed by atoms with Gasteiger partial charge in [-0.25, -0.2) is 19.2 Å². The van der Waals surface area contributed by atoms with Crippen LogP contribution in [0.3, 0.4) is 0 Å². The van der Waals surface area contributed by atoms with Crippen molar-refractivity contribution in [3.63, 3.8) is 0 Å². The Morgan fingerprint density at radius 2 is 2.00 bits per heavy atom. The highest BCUT2D eigenvalue weighted by molar-refractivity contribution is 6.30. The van der Waals surface area contributed by atoms with Crippen LogP contribution in [-0.4, -0.2) is 44.6 Å². The normalized spacial score (nSPS) is 14.5. The van der Waals surface area contributed by atoms with Gasteiger partial charge < -0.3 is 15.0 Å². The summed E-state index contributed by atoms with van der Waals surface area (Å²) in [4.78, 5) is 26.8. The number of ether oxygens (including phenoxy) is 1. The highest BCUT2D eigenvalue weighted by atomic mass is 35.5. The van der Waals surface area contributed by atoms with Crippen molar-refractivity contribution >= 4 is 40.1 Å². The SMILES string of the molecule is CC(C)(C)OC(=O)N1CC(c2cc3c(Nc4cc(Cl)ccc4F)ncnc3cn2)C1. The van der Waals surface area contributed by atoms with E-state index in [-0.39, 0.29) is 17.7 Å². The van der Waals surface area contributed by atoms with E-state index in [9.17, 15) is 9.18 Å². The molecule has 3 aromatic rings. The second-order valence-corrected chi connectivity index (χ2v) is 8.62. The van der Waals surface area contributed by atoms with Gasteiger partial charge in [-0.1, -0.05) is 11.6 Å². The number of carbonyl (C=O) groups is 1. The number of amides is 1. The summed E-state index contributed by atoms with van der Waals surface area (Å²) in [6.07, 6.45) is 2.71. The van der Waals surface area contributed by atoms with Gasteiger partial charge in [-0.2, -0.15) is 0 Å². The number of halogens is 2. The minimum absolute atomic E-state index is 0.0814. The van der Waals surface area contributed by atoms with Crippen LogP contribution in [-0.2, 0) is 4.74 Å². The first-order valence-corrected chi connectivity index (χ1v) is 9.88. The number of nitrogens with one attached hydrogen (secondary N) is 1. The fourth-order valence-corrected chi connectivity index (χ4v) is 3.33. The molecule has 1 aromatic carbocycles. The Labute approximate surface area is 178 Å². The number of hydrogen-bond acceptors (Lipinski definition) is 6. The zero-order chi connectivity index (χ0) is 21.5. The van der Waals surface area contributed by atoms with Crippen LogP contribution < -0.4 is 5.32 Å². The van der Waals surface area contributed by atoms with Gasteiger partial charge in [-0.15, -0.1) is 0 Å². The average Bonchev–Trinajstić information content (AvgIpc) is 2.62. The maximum atomic E-state index is 14.1. The molecule has 1 N–H and O–H groups in total. The Balaban J connectivity index is 1.55. The van der Waals surface area contributed by atoms with E-state index in [1.54, 1.807) is 11.1 Å². The Morgan fingerprint density at radius 1 is 1.23 bits per heavy atom. The number of rotatable bonds is 3. The minimum atomic E-state index is -0.531. The third kappa shape index (κ3) is 4.28. The topological polar surface area (TPSA) is 80.2 Å². The molecule has 30 heavy (non-hydrogen) atoms. The quantitative estimate of drug-likeness (QED) is 0.638. The maximum Gasteiger partial charge on any atom is 0.410 e. The molecule has 4 rings (SSSR count). The molecule has 0 spiro atoms. The summed E-state index contributed by atoms with van der Waals surface area (Å²) in [5.74, 6) is 0.0958. The molecule has 0 aliphatic carbocycles. The molecule has 1 aliphatic rings. The summed E-state index contributed by atoms with van der Waals surface area (Å²) in [6, 6.07) is 6.14. The van der Waals surface area contributed by atoms with Crippen LogP contribution in [0.15, 0.2) is 36.8 Å². The summed E-state index contributed by atoms with van der Waals surface area (Å²) in [7, 11) is 0. The van der Waals surface area contributed by atoms with Crippen LogP contribution in [0.5, 0.6) is 0 Å². The van der Waals surface area contributed by atoms with Gasteiger partial charge in [0, 0.05) is 35.1 Å². The Hall–Kier alpha value is -3.00. The minimum Gasteiger partial charge on any atom is -0.444 e. The zero-order valence-electron chi connectivity index (χ0n) is 16.8. The van der Waals surface area contributed by atoms with Gasteiger partial charge in [0.15, 0.2) is 0 Å². The summed E-state index contributed by atoms with van der Waals surface area (Å²) in [5.41, 5.74) is 1.13. The van der Waals surface area contributed by atoms with Crippen LogP contribution >= 0.6 is 11.6 Å². The fourth-order valence-electron chi connectivity index (χ4n) is 3.16. The Morgan fingerprint density at radius 3 is 2.73 bits per heavy atom. The first kappa shape index (κ1) is 20.3. The molecule has 156 valence electrons. The largest absolute Gasteiger partial charge is 0.444 e. The summed E-state index contributed by atoms with van der Waals surface area (Å²) >= 11 is 5.98. The van der Waals surface area contributed by atoms with E-state index in [0.717, 1.165) is 5.69 Å². The highest BCUT2D eigenvalue weighted by Gasteiger charge is 2.35. The van der Waals surface area contributed by atoms with Crippen molar-refractivity contribution in [3.05, 3.63) is 53.3 Å². The number of nitrogens with zero attached hydrogens (tertiary/aromatic N) is 4. The molecule has 1 aliphatic heterocycles. The number of pyridine rings is 1. The maximum absolute atomic E-state index is 14.1. The lowest BCUT2D eigenvalue weighted by Gasteiger charge is -2.39. The number of benzene rings is 1. The number of aromatic nitrogens is 3. The van der Waals surface area contributed by atoms with Gasteiger partial charge in [0.25, 0.3) is 0 Å². The van der Waals surface area contributed by atoms with E-state index in [1.165, 1.54) is 24.5 Å². The highest BCUT2D eigenvalue weighted by Crippen LogP contribution is 2.31. The molecule has 9 heteroatoms. The second kappa shape index (κ2) is 7.68. The smallest absolute Gasteiger partial charge is 0.410 e. The first-order valence-electron chi connectivity index (χ1n) is 9.50. The molecule has 0 saturated carbocycles. The molecule has 7 nitrogen and oxygen atoms in total. The lowest BCUT2D eigenvalue weighted by molar-refractivity contribution is 0.00789. The van der Waals surface area contributed by atoms with E-state index in [0.29, 0.717) is 34.8 Å². The standard InChI is InChI=1S/C21H21ClFN5O2/c1-21(2,3)30-20(29)28-9-12(10-28)16-7-14-18(8-24-16)25-11-26-19(14)27-17-6-13(22)4-5-15(17)23/h4-8,11-12H,9-10H2,1-3H3,(H,25,26,27). The van der Waals surface area contributed by atoms with Crippen LogP contribution in [0.4, 0.5) is 20.7 Å². The zero-order valence-corrected chi connectivity index (χ0v) is 17.6. The van der Waals surface area contributed by atoms with Gasteiger partial charge in [-0.3, -0.25) is 4.98 Å². The van der Waals surface area contributed by atoms with E-state index < -0.39 is 11.4 Å². The fraction of sp³-hybridized carbons (Fsp3) is 0.333. The predicted molar refractivity (Wildman–Crippen MR) is 113 cm³/mol. The number of hydrogen-bond donors (Lipinski definition) is 1. The third-order valence-electron chi connectivity index (χ3n) is 4.68. The molecule has 2 aromatic heterocycles. The van der Waals surface area contributed by atoms with E-state index in [1.807, 2.05) is 26.8 Å². The lowest BCUT2D eigenvalue weighted by Crippen LogP contribution is -2.50. The molecule has 1 fully saturated rings. The van der Waals surface area contributed by atoms with Crippen LogP contribution in [0.25, 0.3) is 10.9 Å². The van der Waals surface area contributed by atoms with E-state index in [4.69, 9.17) is 16.3 Å². The van der Waals surface area contributed by atoms with Crippen molar-refractivity contribution in [2.24, 2.45) is 0 Å². The van der Waals surface area contributed by atoms with Gasteiger partial charge in [-0.05, 0) is 45.0 Å². The third-order valence-corrected chi connectivity index (χ3v) is 4.91. The Bertz CT molecular complexity index is 1110. The number of likely N-dealkylation sites (tertiary alicyclic amines) is 1. The molecule has 0 bridgehead atoms. The first-order chi connectivity index (χ1) is 14.2. The number of carbonyl (C=O) groups excluding carboxylic acids is 1. The van der Waals surface area contributed by atoms with Crippen molar-refractivity contribution in [1.29, 1.82) is 0 Å². The molecule has 0 radical (unpaired) electrons. The van der Waals surface area contributed by atoms with Crippen LogP contribution in [0.1, 0.15) is 32.4 Å².